The van der Waals surface area contributed by atoms with Gasteiger partial charge in [-0.25, -0.2) is 0 Å². The minimum Gasteiger partial charge on any atom is -0.486 e. The summed E-state index contributed by atoms with van der Waals surface area (Å²) in [6.45, 7) is 1.19. The Balaban J connectivity index is 1.50. The highest BCUT2D eigenvalue weighted by molar-refractivity contribution is 5.89. The number of ether oxygens (including phenoxy) is 2. The summed E-state index contributed by atoms with van der Waals surface area (Å²) < 4.78 is 11.3. The summed E-state index contributed by atoms with van der Waals surface area (Å²) in [4.78, 5) is 22.9. The maximum absolute atomic E-state index is 11.9. The number of nitrogens with one attached hydrogen (secondary N) is 2. The van der Waals surface area contributed by atoms with Crippen LogP contribution in [0.3, 0.4) is 0 Å². The number of fused-ring (bicyclic) bond motifs is 1. The Morgan fingerprint density at radius 2 is 2.15 bits per heavy atom. The minimum atomic E-state index is -0.278. The lowest BCUT2D eigenvalue weighted by Gasteiger charge is -2.26. The molecule has 2 atom stereocenters. The Kier molecular flexibility index (Phi) is 3.45. The Bertz CT molecular complexity index is 532. The van der Waals surface area contributed by atoms with Crippen molar-refractivity contribution in [3.05, 3.63) is 24.3 Å². The summed E-state index contributed by atoms with van der Waals surface area (Å²) in [5.41, 5.74) is 0. The standard InChI is InChI=1S/C14H16N2O4/c17-13-5-9(6-15-13)14(18)16-7-10-8-19-11-3-1-2-4-12(11)20-10/h1-4,9-10H,5-8H2,(H,15,17)(H,16,18). The van der Waals surface area contributed by atoms with Crippen LogP contribution in [0.4, 0.5) is 0 Å². The predicted molar refractivity (Wildman–Crippen MR) is 70.5 cm³/mol. The molecule has 1 saturated heterocycles. The van der Waals surface area contributed by atoms with Crippen LogP contribution in [0.1, 0.15) is 6.42 Å². The van der Waals surface area contributed by atoms with Gasteiger partial charge in [-0.3, -0.25) is 9.59 Å². The number of para-hydroxylation sites is 2. The first-order valence-electron chi connectivity index (χ1n) is 6.65. The lowest BCUT2D eigenvalue weighted by Crippen LogP contribution is -2.43. The van der Waals surface area contributed by atoms with Crippen LogP contribution in [0.2, 0.25) is 0 Å². The molecule has 20 heavy (non-hydrogen) atoms. The third-order valence-corrected chi connectivity index (χ3v) is 3.42. The van der Waals surface area contributed by atoms with Crippen molar-refractivity contribution in [1.29, 1.82) is 0 Å². The zero-order valence-electron chi connectivity index (χ0n) is 10.9. The van der Waals surface area contributed by atoms with Crippen LogP contribution in [0, 0.1) is 5.92 Å². The monoisotopic (exact) mass is 276 g/mol. The topological polar surface area (TPSA) is 76.7 Å². The molecule has 2 unspecified atom stereocenters. The molecule has 1 aromatic rings. The maximum Gasteiger partial charge on any atom is 0.225 e. The van der Waals surface area contributed by atoms with Gasteiger partial charge in [-0.05, 0) is 12.1 Å². The van der Waals surface area contributed by atoms with Crippen LogP contribution in [-0.2, 0) is 9.59 Å². The largest absolute Gasteiger partial charge is 0.486 e. The molecule has 0 aliphatic carbocycles. The number of carbonyl (C=O) groups is 2. The van der Waals surface area contributed by atoms with Crippen molar-refractivity contribution in [2.45, 2.75) is 12.5 Å². The lowest BCUT2D eigenvalue weighted by atomic mass is 10.1. The van der Waals surface area contributed by atoms with E-state index in [1.54, 1.807) is 0 Å². The first-order chi connectivity index (χ1) is 9.72. The summed E-state index contributed by atoms with van der Waals surface area (Å²) >= 11 is 0. The fourth-order valence-corrected chi connectivity index (χ4v) is 2.31. The Morgan fingerprint density at radius 1 is 1.35 bits per heavy atom. The van der Waals surface area contributed by atoms with Crippen molar-refractivity contribution in [2.75, 3.05) is 19.7 Å². The minimum absolute atomic E-state index is 0.0728. The van der Waals surface area contributed by atoms with E-state index in [1.807, 2.05) is 24.3 Å². The van der Waals surface area contributed by atoms with Crippen molar-refractivity contribution < 1.29 is 19.1 Å². The predicted octanol–water partition coefficient (Wildman–Crippen LogP) is 0.0787. The smallest absolute Gasteiger partial charge is 0.225 e. The molecule has 2 heterocycles. The number of amides is 2. The average Bonchev–Trinajstić information content (AvgIpc) is 2.91. The highest BCUT2D eigenvalue weighted by Crippen LogP contribution is 2.30. The molecule has 0 saturated carbocycles. The van der Waals surface area contributed by atoms with Crippen LogP contribution in [-0.4, -0.2) is 37.6 Å². The fraction of sp³-hybridized carbons (Fsp3) is 0.429. The fourth-order valence-electron chi connectivity index (χ4n) is 2.31. The van der Waals surface area contributed by atoms with Gasteiger partial charge in [-0.15, -0.1) is 0 Å². The van der Waals surface area contributed by atoms with Gasteiger partial charge in [0.15, 0.2) is 11.5 Å². The molecule has 0 aromatic heterocycles. The van der Waals surface area contributed by atoms with Crippen LogP contribution in [0.15, 0.2) is 24.3 Å². The van der Waals surface area contributed by atoms with Crippen molar-refractivity contribution >= 4 is 11.8 Å². The summed E-state index contributed by atoms with van der Waals surface area (Å²) in [6.07, 6.45) is 0.0513. The molecule has 2 aliphatic rings. The highest BCUT2D eigenvalue weighted by atomic mass is 16.6. The second-order valence-corrected chi connectivity index (χ2v) is 4.95. The van der Waals surface area contributed by atoms with Crippen molar-refractivity contribution in [3.63, 3.8) is 0 Å². The highest BCUT2D eigenvalue weighted by Gasteiger charge is 2.29. The van der Waals surface area contributed by atoms with Crippen molar-refractivity contribution in [1.82, 2.24) is 10.6 Å². The van der Waals surface area contributed by atoms with Crippen molar-refractivity contribution in [2.24, 2.45) is 5.92 Å². The number of carbonyl (C=O) groups excluding carboxylic acids is 2. The van der Waals surface area contributed by atoms with Crippen LogP contribution in [0.25, 0.3) is 0 Å². The number of hydrogen-bond acceptors (Lipinski definition) is 4. The van der Waals surface area contributed by atoms with Gasteiger partial charge in [0.1, 0.15) is 12.7 Å². The molecule has 0 bridgehead atoms. The third-order valence-electron chi connectivity index (χ3n) is 3.42. The Hall–Kier alpha value is -2.24. The first kappa shape index (κ1) is 12.8. The normalized spacial score (nSPS) is 24.1. The van der Waals surface area contributed by atoms with Gasteiger partial charge in [-0.1, -0.05) is 12.1 Å². The maximum atomic E-state index is 11.9. The van der Waals surface area contributed by atoms with Gasteiger partial charge < -0.3 is 20.1 Å². The van der Waals surface area contributed by atoms with E-state index in [0.29, 0.717) is 25.4 Å². The van der Waals surface area contributed by atoms with Crippen LogP contribution in [0.5, 0.6) is 11.5 Å². The van der Waals surface area contributed by atoms with E-state index in [0.717, 1.165) is 5.75 Å². The van der Waals surface area contributed by atoms with E-state index in [-0.39, 0.29) is 30.3 Å². The van der Waals surface area contributed by atoms with E-state index < -0.39 is 0 Å². The van der Waals surface area contributed by atoms with Crippen molar-refractivity contribution in [3.8, 4) is 11.5 Å². The van der Waals surface area contributed by atoms with E-state index in [4.69, 9.17) is 9.47 Å². The van der Waals surface area contributed by atoms with Gasteiger partial charge >= 0.3 is 0 Å². The molecule has 3 rings (SSSR count). The SMILES string of the molecule is O=C1CC(C(=O)NCC2COc3ccccc3O2)CN1. The Labute approximate surface area is 116 Å². The molecule has 0 spiro atoms. The number of rotatable bonds is 3. The summed E-state index contributed by atoms with van der Waals surface area (Å²) in [7, 11) is 0. The average molecular weight is 276 g/mol. The number of benzene rings is 1. The molecule has 106 valence electrons. The molecule has 6 heteroatoms. The molecule has 2 aliphatic heterocycles. The van der Waals surface area contributed by atoms with E-state index >= 15 is 0 Å². The first-order valence-corrected chi connectivity index (χ1v) is 6.65. The second-order valence-electron chi connectivity index (χ2n) is 4.95. The molecule has 1 aromatic carbocycles. The summed E-state index contributed by atoms with van der Waals surface area (Å²) in [5, 5.41) is 5.46. The van der Waals surface area contributed by atoms with Gasteiger partial charge in [0.25, 0.3) is 0 Å². The molecule has 1 fully saturated rings. The second kappa shape index (κ2) is 5.40. The molecule has 0 radical (unpaired) electrons. The molecular formula is C14H16N2O4. The van der Waals surface area contributed by atoms with E-state index in [9.17, 15) is 9.59 Å². The zero-order valence-corrected chi connectivity index (χ0v) is 10.9. The summed E-state index contributed by atoms with van der Waals surface area (Å²) in [5.74, 6) is 0.942. The van der Waals surface area contributed by atoms with Crippen LogP contribution < -0.4 is 20.1 Å². The molecule has 2 N–H and O–H groups in total. The van der Waals surface area contributed by atoms with Gasteiger partial charge in [0.05, 0.1) is 12.5 Å². The van der Waals surface area contributed by atoms with Gasteiger partial charge in [0.2, 0.25) is 11.8 Å². The molecular weight excluding hydrogens is 260 g/mol. The molecule has 2 amide bonds. The third kappa shape index (κ3) is 2.68. The number of hydrogen-bond donors (Lipinski definition) is 2. The van der Waals surface area contributed by atoms with E-state index in [2.05, 4.69) is 10.6 Å². The van der Waals surface area contributed by atoms with E-state index in [1.165, 1.54) is 0 Å². The van der Waals surface area contributed by atoms with Gasteiger partial charge in [0, 0.05) is 13.0 Å². The lowest BCUT2D eigenvalue weighted by molar-refractivity contribution is -0.126. The quantitative estimate of drug-likeness (QED) is 0.819. The van der Waals surface area contributed by atoms with Crippen LogP contribution >= 0.6 is 0 Å². The van der Waals surface area contributed by atoms with Gasteiger partial charge in [-0.2, -0.15) is 0 Å². The zero-order chi connectivity index (χ0) is 13.9. The summed E-state index contributed by atoms with van der Waals surface area (Å²) in [6, 6.07) is 7.44. The molecule has 6 nitrogen and oxygen atoms in total. The Morgan fingerprint density at radius 3 is 2.90 bits per heavy atom.